The van der Waals surface area contributed by atoms with Gasteiger partial charge in [-0.25, -0.2) is 0 Å². The van der Waals surface area contributed by atoms with Gasteiger partial charge >= 0.3 is 5.70 Å². The van der Waals surface area contributed by atoms with Crippen molar-refractivity contribution in [3.05, 3.63) is 34.2 Å². The first-order chi connectivity index (χ1) is 7.70. The fraction of sp³-hybridized carbons (Fsp3) is 0.500. The summed E-state index contributed by atoms with van der Waals surface area (Å²) in [6.07, 6.45) is 5.98. The maximum absolute atomic E-state index is 10.8. The highest BCUT2D eigenvalue weighted by Crippen LogP contribution is 2.14. The van der Waals surface area contributed by atoms with Gasteiger partial charge in [0, 0.05) is 7.05 Å². The summed E-state index contributed by atoms with van der Waals surface area (Å²) in [5.41, 5.74) is 5.36. The van der Waals surface area contributed by atoms with Crippen molar-refractivity contribution in [2.45, 2.75) is 18.9 Å². The molecule has 1 aliphatic rings. The molecule has 1 heterocycles. The largest absolute Gasteiger partial charge is 0.399 e. The van der Waals surface area contributed by atoms with Crippen LogP contribution in [0.2, 0.25) is 0 Å². The molecular weight excluding hydrogens is 210 g/mol. The lowest BCUT2D eigenvalue weighted by Crippen LogP contribution is -2.29. The molecule has 1 atom stereocenters. The van der Waals surface area contributed by atoms with Crippen molar-refractivity contribution in [2.75, 3.05) is 13.7 Å². The number of hydrogen-bond donors (Lipinski definition) is 1. The quantitative estimate of drug-likeness (QED) is 0.334. The first-order valence-electron chi connectivity index (χ1n) is 5.00. The summed E-state index contributed by atoms with van der Waals surface area (Å²) in [6.45, 7) is 0.444. The van der Waals surface area contributed by atoms with E-state index in [1.165, 1.54) is 7.05 Å². The average Bonchev–Trinajstić information content (AvgIpc) is 2.53. The van der Waals surface area contributed by atoms with E-state index in [2.05, 4.69) is 4.99 Å². The van der Waals surface area contributed by atoms with Gasteiger partial charge in [0.05, 0.1) is 17.7 Å². The van der Waals surface area contributed by atoms with Gasteiger partial charge in [-0.1, -0.05) is 12.2 Å². The molecule has 0 fully saturated rings. The van der Waals surface area contributed by atoms with Crippen LogP contribution in [0.4, 0.5) is 0 Å². The van der Waals surface area contributed by atoms with E-state index >= 15 is 0 Å². The van der Waals surface area contributed by atoms with Crippen LogP contribution in [0.15, 0.2) is 29.0 Å². The number of rotatable bonds is 3. The number of ether oxygens (including phenoxy) is 1. The SMILES string of the molecule is CN=C(/C(=C\N)[N+](=O)[O-])C1CCC=CCO1. The van der Waals surface area contributed by atoms with Gasteiger partial charge in [0.25, 0.3) is 0 Å². The van der Waals surface area contributed by atoms with E-state index in [4.69, 9.17) is 10.5 Å². The molecule has 0 aromatic heterocycles. The molecule has 0 spiro atoms. The van der Waals surface area contributed by atoms with Crippen LogP contribution in [0, 0.1) is 10.1 Å². The highest BCUT2D eigenvalue weighted by Gasteiger charge is 2.27. The van der Waals surface area contributed by atoms with Crippen molar-refractivity contribution < 1.29 is 9.66 Å². The van der Waals surface area contributed by atoms with Gasteiger partial charge in [-0.2, -0.15) is 0 Å². The summed E-state index contributed by atoms with van der Waals surface area (Å²) in [4.78, 5) is 14.1. The van der Waals surface area contributed by atoms with Gasteiger partial charge in [-0.3, -0.25) is 15.1 Å². The van der Waals surface area contributed by atoms with E-state index in [0.717, 1.165) is 12.6 Å². The zero-order valence-electron chi connectivity index (χ0n) is 9.13. The second kappa shape index (κ2) is 6.02. The Morgan fingerprint density at radius 1 is 1.69 bits per heavy atom. The predicted molar refractivity (Wildman–Crippen MR) is 60.7 cm³/mol. The number of hydrogen-bond acceptors (Lipinski definition) is 5. The molecule has 0 saturated carbocycles. The predicted octanol–water partition coefficient (Wildman–Crippen LogP) is 0.869. The van der Waals surface area contributed by atoms with Crippen LogP contribution in [0.3, 0.4) is 0 Å². The summed E-state index contributed by atoms with van der Waals surface area (Å²) < 4.78 is 5.47. The topological polar surface area (TPSA) is 90.8 Å². The molecular formula is C10H15N3O3. The Morgan fingerprint density at radius 2 is 2.44 bits per heavy atom. The molecule has 0 aromatic carbocycles. The van der Waals surface area contributed by atoms with E-state index in [0.29, 0.717) is 18.7 Å². The van der Waals surface area contributed by atoms with E-state index in [-0.39, 0.29) is 11.8 Å². The van der Waals surface area contributed by atoms with Crippen molar-refractivity contribution in [1.29, 1.82) is 0 Å². The zero-order chi connectivity index (χ0) is 12.0. The highest BCUT2D eigenvalue weighted by molar-refractivity contribution is 6.01. The molecule has 6 nitrogen and oxygen atoms in total. The lowest BCUT2D eigenvalue weighted by molar-refractivity contribution is -0.415. The molecule has 2 N–H and O–H groups in total. The summed E-state index contributed by atoms with van der Waals surface area (Å²) >= 11 is 0. The van der Waals surface area contributed by atoms with Crippen LogP contribution < -0.4 is 5.73 Å². The molecule has 0 bridgehead atoms. The Hall–Kier alpha value is -1.69. The van der Waals surface area contributed by atoms with Gasteiger partial charge in [-0.05, 0) is 12.8 Å². The normalized spacial score (nSPS) is 22.9. The molecule has 1 rings (SSSR count). The van der Waals surface area contributed by atoms with Gasteiger partial charge in [0.2, 0.25) is 0 Å². The maximum Gasteiger partial charge on any atom is 0.308 e. The van der Waals surface area contributed by atoms with Crippen molar-refractivity contribution in [3.8, 4) is 0 Å². The Labute approximate surface area is 93.6 Å². The Kier molecular flexibility index (Phi) is 4.65. The van der Waals surface area contributed by atoms with Crippen LogP contribution in [0.25, 0.3) is 0 Å². The van der Waals surface area contributed by atoms with Gasteiger partial charge in [0.15, 0.2) is 0 Å². The first-order valence-corrected chi connectivity index (χ1v) is 5.00. The Balaban J connectivity index is 2.86. The van der Waals surface area contributed by atoms with Crippen molar-refractivity contribution in [1.82, 2.24) is 0 Å². The number of nitrogens with two attached hydrogens (primary N) is 1. The van der Waals surface area contributed by atoms with Crippen LogP contribution >= 0.6 is 0 Å². The molecule has 0 saturated heterocycles. The molecule has 0 radical (unpaired) electrons. The first kappa shape index (κ1) is 12.4. The minimum atomic E-state index is -0.538. The third-order valence-electron chi connectivity index (χ3n) is 2.32. The van der Waals surface area contributed by atoms with E-state index in [1.54, 1.807) is 0 Å². The lowest BCUT2D eigenvalue weighted by Gasteiger charge is -2.15. The summed E-state index contributed by atoms with van der Waals surface area (Å²) in [5.74, 6) is 0. The Bertz CT molecular complexity index is 337. The van der Waals surface area contributed by atoms with Gasteiger partial charge < -0.3 is 10.5 Å². The molecule has 0 aliphatic carbocycles. The number of aliphatic imine (C=N–C) groups is 1. The van der Waals surface area contributed by atoms with Crippen molar-refractivity contribution in [2.24, 2.45) is 10.7 Å². The minimum Gasteiger partial charge on any atom is -0.399 e. The van der Waals surface area contributed by atoms with Crippen molar-refractivity contribution >= 4 is 5.71 Å². The molecule has 6 heteroatoms. The highest BCUT2D eigenvalue weighted by atomic mass is 16.6. The second-order valence-corrected chi connectivity index (χ2v) is 3.29. The molecule has 1 aliphatic heterocycles. The summed E-state index contributed by atoms with van der Waals surface area (Å²) in [6, 6.07) is 0. The van der Waals surface area contributed by atoms with Gasteiger partial charge in [0.1, 0.15) is 11.8 Å². The van der Waals surface area contributed by atoms with E-state index in [9.17, 15) is 10.1 Å². The molecule has 88 valence electrons. The third kappa shape index (κ3) is 2.90. The van der Waals surface area contributed by atoms with Crippen LogP contribution in [-0.2, 0) is 4.74 Å². The number of nitrogens with zero attached hydrogens (tertiary/aromatic N) is 2. The summed E-state index contributed by atoms with van der Waals surface area (Å²) in [5, 5.41) is 10.8. The number of allylic oxidation sites excluding steroid dienone is 1. The molecule has 0 aromatic rings. The summed E-state index contributed by atoms with van der Waals surface area (Å²) in [7, 11) is 1.50. The van der Waals surface area contributed by atoms with E-state index in [1.807, 2.05) is 12.2 Å². The fourth-order valence-corrected chi connectivity index (χ4v) is 1.57. The maximum atomic E-state index is 10.8. The minimum absolute atomic E-state index is 0.186. The van der Waals surface area contributed by atoms with Gasteiger partial charge in [-0.15, -0.1) is 0 Å². The lowest BCUT2D eigenvalue weighted by atomic mass is 10.1. The van der Waals surface area contributed by atoms with Crippen molar-refractivity contribution in [3.63, 3.8) is 0 Å². The smallest absolute Gasteiger partial charge is 0.308 e. The number of nitro groups is 1. The average molecular weight is 225 g/mol. The molecule has 16 heavy (non-hydrogen) atoms. The fourth-order valence-electron chi connectivity index (χ4n) is 1.57. The van der Waals surface area contributed by atoms with Crippen LogP contribution in [0.5, 0.6) is 0 Å². The van der Waals surface area contributed by atoms with Crippen LogP contribution in [0.1, 0.15) is 12.8 Å². The molecule has 0 amide bonds. The molecule has 1 unspecified atom stereocenters. The van der Waals surface area contributed by atoms with E-state index < -0.39 is 4.92 Å². The second-order valence-electron chi connectivity index (χ2n) is 3.29. The Morgan fingerprint density at radius 3 is 3.00 bits per heavy atom. The third-order valence-corrected chi connectivity index (χ3v) is 2.32. The standard InChI is InChI=1S/C10H15N3O3/c1-12-10(8(7-11)13(14)15)9-5-3-2-4-6-16-9/h2,4,7,9H,3,5-6,11H2,1H3/b8-7+,12-10?. The van der Waals surface area contributed by atoms with Crippen LogP contribution in [-0.4, -0.2) is 30.4 Å². The monoisotopic (exact) mass is 225 g/mol. The zero-order valence-corrected chi connectivity index (χ0v) is 9.13.